The van der Waals surface area contributed by atoms with E-state index in [1.807, 2.05) is 54.6 Å². The second kappa shape index (κ2) is 15.3. The summed E-state index contributed by atoms with van der Waals surface area (Å²) >= 11 is 0. The second-order valence-electron chi connectivity index (χ2n) is 15.0. The molecule has 3 saturated heterocycles. The van der Waals surface area contributed by atoms with E-state index in [-0.39, 0.29) is 42.7 Å². The van der Waals surface area contributed by atoms with Gasteiger partial charge in [-0.2, -0.15) is 0 Å². The number of carbonyl (C=O) groups excluding carboxylic acids is 2. The molecule has 5 aliphatic rings. The fourth-order valence-corrected chi connectivity index (χ4v) is 8.72. The Hall–Kier alpha value is -4.00. The molecular weight excluding hydrogens is 648 g/mol. The van der Waals surface area contributed by atoms with Crippen LogP contribution in [0.5, 0.6) is 11.5 Å². The minimum absolute atomic E-state index is 0.00537. The average molecular weight is 700 g/mol. The van der Waals surface area contributed by atoms with E-state index in [4.69, 9.17) is 9.47 Å². The van der Waals surface area contributed by atoms with Gasteiger partial charge < -0.3 is 45.2 Å². The summed E-state index contributed by atoms with van der Waals surface area (Å²) in [6.07, 6.45) is 6.12. The number of phenolic OH excluding ortho intramolecular Hbond substituents is 1. The number of anilines is 2. The minimum Gasteiger partial charge on any atom is -0.508 e. The Morgan fingerprint density at radius 1 is 1.04 bits per heavy atom. The Kier molecular flexibility index (Phi) is 10.6. The SMILES string of the molecule is O=C(CC[N+]12CCC(CC1)[C@@H](OC[C@@](O)(c1ccccc1)C1CCCC1)C2)Nc1ccc(CNC[C@H](O)c2cc(O)cc3c2OCC(=O)N3)cc1. The molecule has 51 heavy (non-hydrogen) atoms. The van der Waals surface area contributed by atoms with Gasteiger partial charge in [0.25, 0.3) is 5.91 Å². The number of hydrogen-bond donors (Lipinski definition) is 6. The van der Waals surface area contributed by atoms with Gasteiger partial charge in [0.15, 0.2) is 6.61 Å². The molecule has 1 aliphatic carbocycles. The van der Waals surface area contributed by atoms with E-state index in [2.05, 4.69) is 16.0 Å². The van der Waals surface area contributed by atoms with Crippen molar-refractivity contribution in [2.45, 2.75) is 69.3 Å². The fourth-order valence-electron chi connectivity index (χ4n) is 8.72. The van der Waals surface area contributed by atoms with Crippen LogP contribution in [0.25, 0.3) is 0 Å². The van der Waals surface area contributed by atoms with Crippen LogP contribution in [0.4, 0.5) is 11.4 Å². The van der Waals surface area contributed by atoms with Gasteiger partial charge in [-0.05, 0) is 48.1 Å². The molecule has 3 aromatic rings. The van der Waals surface area contributed by atoms with Crippen LogP contribution < -0.4 is 20.7 Å². The van der Waals surface area contributed by atoms with Gasteiger partial charge in [0, 0.05) is 49.2 Å². The highest BCUT2D eigenvalue weighted by atomic mass is 16.5. The maximum absolute atomic E-state index is 13.1. The molecule has 11 heteroatoms. The molecule has 3 aromatic carbocycles. The number of rotatable bonds is 14. The number of nitrogens with zero attached hydrogens (tertiary/aromatic N) is 1. The molecule has 2 bridgehead atoms. The summed E-state index contributed by atoms with van der Waals surface area (Å²) in [6.45, 7) is 4.66. The molecule has 0 spiro atoms. The van der Waals surface area contributed by atoms with E-state index in [1.165, 1.54) is 12.1 Å². The Morgan fingerprint density at radius 3 is 2.53 bits per heavy atom. The monoisotopic (exact) mass is 699 g/mol. The smallest absolute Gasteiger partial charge is 0.262 e. The van der Waals surface area contributed by atoms with Gasteiger partial charge in [0.2, 0.25) is 5.91 Å². The maximum atomic E-state index is 13.1. The topological polar surface area (TPSA) is 149 Å². The van der Waals surface area contributed by atoms with Crippen LogP contribution in [0.2, 0.25) is 0 Å². The summed E-state index contributed by atoms with van der Waals surface area (Å²) in [5.41, 5.74) is 2.44. The van der Waals surface area contributed by atoms with Gasteiger partial charge in [-0.1, -0.05) is 55.3 Å². The largest absolute Gasteiger partial charge is 0.508 e. The highest BCUT2D eigenvalue weighted by Gasteiger charge is 2.48. The van der Waals surface area contributed by atoms with Crippen LogP contribution >= 0.6 is 0 Å². The van der Waals surface area contributed by atoms with Crippen molar-refractivity contribution in [3.63, 3.8) is 0 Å². The van der Waals surface area contributed by atoms with Crippen molar-refractivity contribution in [1.29, 1.82) is 0 Å². The van der Waals surface area contributed by atoms with Gasteiger partial charge in [-0.3, -0.25) is 9.59 Å². The minimum atomic E-state index is -0.967. The zero-order valence-electron chi connectivity index (χ0n) is 29.2. The Balaban J connectivity index is 0.874. The van der Waals surface area contributed by atoms with E-state index >= 15 is 0 Å². The van der Waals surface area contributed by atoms with Gasteiger partial charge in [0.05, 0.1) is 44.5 Å². The molecule has 8 rings (SSSR count). The van der Waals surface area contributed by atoms with Crippen LogP contribution in [-0.4, -0.2) is 83.7 Å². The Morgan fingerprint density at radius 2 is 1.78 bits per heavy atom. The summed E-state index contributed by atoms with van der Waals surface area (Å²) in [5, 5.41) is 41.8. The lowest BCUT2D eigenvalue weighted by atomic mass is 9.80. The zero-order valence-corrected chi connectivity index (χ0v) is 29.2. The normalized spacial score (nSPS) is 24.6. The molecule has 0 unspecified atom stereocenters. The van der Waals surface area contributed by atoms with E-state index in [9.17, 15) is 24.9 Å². The molecule has 6 N–H and O–H groups in total. The van der Waals surface area contributed by atoms with Crippen molar-refractivity contribution in [2.75, 3.05) is 56.6 Å². The number of benzene rings is 3. The molecule has 2 amide bonds. The molecule has 4 fully saturated rings. The van der Waals surface area contributed by atoms with E-state index < -0.39 is 11.7 Å². The van der Waals surface area contributed by atoms with Crippen molar-refractivity contribution in [3.8, 4) is 11.5 Å². The first-order chi connectivity index (χ1) is 24.7. The first kappa shape index (κ1) is 35.4. The Labute approximate surface area is 299 Å². The quantitative estimate of drug-likeness (QED) is 0.134. The number of nitrogens with one attached hydrogen (secondary N) is 3. The Bertz CT molecular complexity index is 1670. The predicted octanol–water partition coefficient (Wildman–Crippen LogP) is 4.58. The first-order valence-electron chi connectivity index (χ1n) is 18.5. The number of quaternary nitrogens is 1. The number of aliphatic hydroxyl groups is 2. The van der Waals surface area contributed by atoms with E-state index in [0.717, 1.165) is 86.0 Å². The van der Waals surface area contributed by atoms with Crippen LogP contribution in [0.1, 0.15) is 67.7 Å². The van der Waals surface area contributed by atoms with Crippen molar-refractivity contribution >= 4 is 23.2 Å². The lowest BCUT2D eigenvalue weighted by molar-refractivity contribution is -0.946. The maximum Gasteiger partial charge on any atom is 0.262 e. The second-order valence-corrected chi connectivity index (χ2v) is 15.0. The summed E-state index contributed by atoms with van der Waals surface area (Å²) in [7, 11) is 0. The summed E-state index contributed by atoms with van der Waals surface area (Å²) in [4.78, 5) is 24.8. The van der Waals surface area contributed by atoms with Crippen LogP contribution in [0, 0.1) is 11.8 Å². The number of carbonyl (C=O) groups is 2. The van der Waals surface area contributed by atoms with Crippen LogP contribution in [0.3, 0.4) is 0 Å². The fraction of sp³-hybridized carbons (Fsp3) is 0.500. The molecule has 272 valence electrons. The van der Waals surface area contributed by atoms with E-state index in [1.54, 1.807) is 0 Å². The highest BCUT2D eigenvalue weighted by molar-refractivity contribution is 5.96. The zero-order chi connectivity index (χ0) is 35.4. The molecule has 3 atom stereocenters. The lowest BCUT2D eigenvalue weighted by Gasteiger charge is -2.52. The van der Waals surface area contributed by atoms with Gasteiger partial charge in [0.1, 0.15) is 29.7 Å². The van der Waals surface area contributed by atoms with Crippen molar-refractivity contribution in [2.24, 2.45) is 11.8 Å². The molecule has 0 aromatic heterocycles. The first-order valence-corrected chi connectivity index (χ1v) is 18.5. The number of aromatic hydroxyl groups is 1. The number of amides is 2. The van der Waals surface area contributed by atoms with Crippen molar-refractivity contribution < 1.29 is 38.9 Å². The number of fused-ring (bicyclic) bond motifs is 4. The number of phenols is 1. The molecule has 4 heterocycles. The number of piperidine rings is 3. The van der Waals surface area contributed by atoms with Crippen LogP contribution in [-0.2, 0) is 26.5 Å². The molecule has 11 nitrogen and oxygen atoms in total. The number of aliphatic hydroxyl groups excluding tert-OH is 1. The van der Waals surface area contributed by atoms with Crippen molar-refractivity contribution in [3.05, 3.63) is 83.4 Å². The molecule has 4 aliphatic heterocycles. The highest BCUT2D eigenvalue weighted by Crippen LogP contribution is 2.43. The molecule has 1 saturated carbocycles. The number of hydrogen-bond acceptors (Lipinski definition) is 8. The molecular formula is C40H51N4O7+. The van der Waals surface area contributed by atoms with E-state index in [0.29, 0.717) is 42.5 Å². The van der Waals surface area contributed by atoms with Gasteiger partial charge in [-0.25, -0.2) is 0 Å². The lowest BCUT2D eigenvalue weighted by Crippen LogP contribution is -2.65. The predicted molar refractivity (Wildman–Crippen MR) is 193 cm³/mol. The third-order valence-electron chi connectivity index (χ3n) is 11.7. The van der Waals surface area contributed by atoms with Crippen molar-refractivity contribution in [1.82, 2.24) is 5.32 Å². The third kappa shape index (κ3) is 8.08. The summed E-state index contributed by atoms with van der Waals surface area (Å²) in [6, 6.07) is 20.5. The summed E-state index contributed by atoms with van der Waals surface area (Å²) in [5.74, 6) is 0.690. The third-order valence-corrected chi connectivity index (χ3v) is 11.7. The molecule has 0 radical (unpaired) electrons. The van der Waals surface area contributed by atoms with Crippen LogP contribution in [0.15, 0.2) is 66.7 Å². The average Bonchev–Trinajstić information content (AvgIpc) is 3.70. The summed E-state index contributed by atoms with van der Waals surface area (Å²) < 4.78 is 13.1. The standard InChI is InChI=1S/C40H50N4O7/c45-32-20-33(39-34(21-32)43-38(48)25-50-39)35(46)23-41-22-27-10-12-31(13-11-27)42-37(47)16-19-44-17-14-28(15-18-44)36(24-44)51-26-40(49,30-8-4-5-9-30)29-6-2-1-3-7-29/h1-3,6-7,10-13,20-21,28,30,35-36,41,46,49H,4-5,8-9,14-19,22-26H2,(H2-,42,43,45,47,48)/p+1/t28?,35-,36-,40+,44?/m0/s1. The number of ether oxygens (including phenoxy) is 2. The van der Waals surface area contributed by atoms with Gasteiger partial charge >= 0.3 is 0 Å². The van der Waals surface area contributed by atoms with Gasteiger partial charge in [-0.15, -0.1) is 0 Å².